The molecule has 3 amide bonds. The maximum absolute atomic E-state index is 12.3. The number of piperazine rings is 1. The van der Waals surface area contributed by atoms with E-state index in [1.807, 2.05) is 0 Å². The van der Waals surface area contributed by atoms with Crippen LogP contribution in [-0.4, -0.2) is 77.0 Å². The average Bonchev–Trinajstić information content (AvgIpc) is 2.32. The van der Waals surface area contributed by atoms with Crippen molar-refractivity contribution in [3.8, 4) is 0 Å². The summed E-state index contributed by atoms with van der Waals surface area (Å²) in [6.07, 6.45) is -0.107. The Morgan fingerprint density at radius 3 is 2.47 bits per heavy atom. The first-order valence-corrected chi connectivity index (χ1v) is 6.18. The van der Waals surface area contributed by atoms with Crippen LogP contribution in [0.3, 0.4) is 0 Å². The monoisotopic (exact) mass is 271 g/mol. The number of likely N-dealkylation sites (N-methyl/N-ethyl adjacent to an activating group) is 1. The van der Waals surface area contributed by atoms with Gasteiger partial charge in [-0.1, -0.05) is 0 Å². The smallest absolute Gasteiger partial charge is 0.320 e. The molecule has 0 aromatic heterocycles. The normalized spacial score (nSPS) is 18.4. The Kier molecular flexibility index (Phi) is 4.39. The Balaban J connectivity index is 2.76. The lowest BCUT2D eigenvalue weighted by molar-refractivity contribution is -0.145. The third-order valence-electron chi connectivity index (χ3n) is 3.42. The minimum absolute atomic E-state index is 0.107. The number of urea groups is 1. The van der Waals surface area contributed by atoms with Crippen LogP contribution in [0.25, 0.3) is 0 Å². The van der Waals surface area contributed by atoms with Crippen molar-refractivity contribution in [1.82, 2.24) is 14.7 Å². The Bertz CT molecular complexity index is 394. The van der Waals surface area contributed by atoms with Crippen molar-refractivity contribution < 1.29 is 19.5 Å². The van der Waals surface area contributed by atoms with Gasteiger partial charge in [-0.15, -0.1) is 0 Å². The minimum Gasteiger partial charge on any atom is -0.481 e. The van der Waals surface area contributed by atoms with E-state index in [1.165, 1.54) is 9.80 Å². The van der Waals surface area contributed by atoms with Crippen molar-refractivity contribution in [2.24, 2.45) is 0 Å². The molecule has 1 aliphatic rings. The third-order valence-corrected chi connectivity index (χ3v) is 3.42. The highest BCUT2D eigenvalue weighted by Gasteiger charge is 2.43. The number of carboxylic acid groups (broad SMARTS) is 1. The summed E-state index contributed by atoms with van der Waals surface area (Å²) in [4.78, 5) is 39.3. The molecule has 1 rings (SSSR count). The molecule has 0 aromatic carbocycles. The fourth-order valence-corrected chi connectivity index (χ4v) is 2.11. The van der Waals surface area contributed by atoms with Gasteiger partial charge in [0.25, 0.3) is 0 Å². The van der Waals surface area contributed by atoms with E-state index in [9.17, 15) is 14.4 Å². The van der Waals surface area contributed by atoms with E-state index in [4.69, 9.17) is 5.11 Å². The summed E-state index contributed by atoms with van der Waals surface area (Å²) in [6, 6.07) is -0.312. The largest absolute Gasteiger partial charge is 0.481 e. The molecule has 0 unspecified atom stereocenters. The molecule has 1 N–H and O–H groups in total. The van der Waals surface area contributed by atoms with Gasteiger partial charge in [0.05, 0.1) is 6.42 Å². The van der Waals surface area contributed by atoms with E-state index >= 15 is 0 Å². The minimum atomic E-state index is -0.951. The number of nitrogens with zero attached hydrogens (tertiary/aromatic N) is 3. The highest BCUT2D eigenvalue weighted by molar-refractivity contribution is 5.91. The van der Waals surface area contributed by atoms with E-state index in [0.29, 0.717) is 13.1 Å². The quantitative estimate of drug-likeness (QED) is 0.787. The average molecular weight is 271 g/mol. The van der Waals surface area contributed by atoms with Crippen LogP contribution in [0.15, 0.2) is 0 Å². The number of hydrogen-bond acceptors (Lipinski definition) is 3. The van der Waals surface area contributed by atoms with Gasteiger partial charge >= 0.3 is 12.0 Å². The van der Waals surface area contributed by atoms with Crippen molar-refractivity contribution in [2.75, 3.05) is 33.7 Å². The Hall–Kier alpha value is -1.79. The summed E-state index contributed by atoms with van der Waals surface area (Å²) in [6.45, 7) is 4.47. The molecular formula is C12H21N3O4. The van der Waals surface area contributed by atoms with Gasteiger partial charge in [-0.05, 0) is 13.8 Å². The highest BCUT2D eigenvalue weighted by Crippen LogP contribution is 2.22. The zero-order chi connectivity index (χ0) is 14.8. The second-order valence-corrected chi connectivity index (χ2v) is 5.29. The zero-order valence-corrected chi connectivity index (χ0v) is 11.8. The lowest BCUT2D eigenvalue weighted by atomic mass is 9.98. The summed E-state index contributed by atoms with van der Waals surface area (Å²) in [5.74, 6) is -1.06. The summed E-state index contributed by atoms with van der Waals surface area (Å²) < 4.78 is 0. The molecule has 0 atom stereocenters. The van der Waals surface area contributed by atoms with Crippen LogP contribution in [0.1, 0.15) is 20.3 Å². The number of rotatable bonds is 3. The lowest BCUT2D eigenvalue weighted by Gasteiger charge is -2.45. The molecular weight excluding hydrogens is 250 g/mol. The molecule has 0 bridgehead atoms. The fourth-order valence-electron chi connectivity index (χ4n) is 2.11. The Labute approximate surface area is 112 Å². The summed E-state index contributed by atoms with van der Waals surface area (Å²) in [5.41, 5.74) is -0.901. The number of carbonyl (C=O) groups excluding carboxylic acids is 2. The SMILES string of the molecule is CN(CCC(=O)O)C(=O)N1CCN(C)C(=O)C1(C)C. The van der Waals surface area contributed by atoms with Crippen LogP contribution < -0.4 is 0 Å². The van der Waals surface area contributed by atoms with Crippen molar-refractivity contribution in [3.63, 3.8) is 0 Å². The summed E-state index contributed by atoms with van der Waals surface area (Å²) in [7, 11) is 3.25. The first kappa shape index (κ1) is 15.3. The molecule has 0 aromatic rings. The van der Waals surface area contributed by atoms with Gasteiger partial charge < -0.3 is 19.8 Å². The Morgan fingerprint density at radius 1 is 1.37 bits per heavy atom. The van der Waals surface area contributed by atoms with Crippen LogP contribution in [0, 0.1) is 0 Å². The van der Waals surface area contributed by atoms with Crippen LogP contribution in [-0.2, 0) is 9.59 Å². The molecule has 0 aliphatic carbocycles. The number of carbonyl (C=O) groups is 3. The van der Waals surface area contributed by atoms with Crippen molar-refractivity contribution in [2.45, 2.75) is 25.8 Å². The highest BCUT2D eigenvalue weighted by atomic mass is 16.4. The van der Waals surface area contributed by atoms with Crippen LogP contribution in [0.2, 0.25) is 0 Å². The van der Waals surface area contributed by atoms with Crippen molar-refractivity contribution >= 4 is 17.9 Å². The zero-order valence-electron chi connectivity index (χ0n) is 11.8. The molecule has 0 saturated carbocycles. The van der Waals surface area contributed by atoms with Gasteiger partial charge in [0.2, 0.25) is 5.91 Å². The van der Waals surface area contributed by atoms with Crippen LogP contribution in [0.4, 0.5) is 4.79 Å². The maximum atomic E-state index is 12.3. The molecule has 0 radical (unpaired) electrons. The van der Waals surface area contributed by atoms with Gasteiger partial charge in [-0.25, -0.2) is 4.79 Å². The molecule has 1 saturated heterocycles. The predicted octanol–water partition coefficient (Wildman–Crippen LogP) is 0.0655. The van der Waals surface area contributed by atoms with Gasteiger partial charge in [0.1, 0.15) is 5.54 Å². The molecule has 108 valence electrons. The number of hydrogen-bond donors (Lipinski definition) is 1. The molecule has 0 spiro atoms. The molecule has 1 fully saturated rings. The van der Waals surface area contributed by atoms with Gasteiger partial charge in [0, 0.05) is 33.7 Å². The molecule has 7 nitrogen and oxygen atoms in total. The van der Waals surface area contributed by atoms with Gasteiger partial charge in [-0.3, -0.25) is 9.59 Å². The van der Waals surface area contributed by atoms with Crippen LogP contribution >= 0.6 is 0 Å². The Morgan fingerprint density at radius 2 is 1.95 bits per heavy atom. The van der Waals surface area contributed by atoms with Gasteiger partial charge in [-0.2, -0.15) is 0 Å². The first-order chi connectivity index (χ1) is 8.67. The van der Waals surface area contributed by atoms with E-state index in [-0.39, 0.29) is 24.9 Å². The molecule has 1 heterocycles. The molecule has 19 heavy (non-hydrogen) atoms. The van der Waals surface area contributed by atoms with Crippen LogP contribution in [0.5, 0.6) is 0 Å². The predicted molar refractivity (Wildman–Crippen MR) is 68.7 cm³/mol. The topological polar surface area (TPSA) is 81.2 Å². The first-order valence-electron chi connectivity index (χ1n) is 6.18. The lowest BCUT2D eigenvalue weighted by Crippen LogP contribution is -2.65. The van der Waals surface area contributed by atoms with Crippen molar-refractivity contribution in [1.29, 1.82) is 0 Å². The summed E-state index contributed by atoms with van der Waals surface area (Å²) in [5, 5.41) is 8.62. The van der Waals surface area contributed by atoms with Gasteiger partial charge in [0.15, 0.2) is 0 Å². The second kappa shape index (κ2) is 5.46. The van der Waals surface area contributed by atoms with Crippen molar-refractivity contribution in [3.05, 3.63) is 0 Å². The van der Waals surface area contributed by atoms with E-state index in [0.717, 1.165) is 0 Å². The van der Waals surface area contributed by atoms with E-state index < -0.39 is 11.5 Å². The van der Waals surface area contributed by atoms with E-state index in [2.05, 4.69) is 0 Å². The number of carboxylic acids is 1. The number of amides is 3. The summed E-state index contributed by atoms with van der Waals surface area (Å²) >= 11 is 0. The van der Waals surface area contributed by atoms with E-state index in [1.54, 1.807) is 32.8 Å². The number of aliphatic carboxylic acids is 1. The fraction of sp³-hybridized carbons (Fsp3) is 0.750. The maximum Gasteiger partial charge on any atom is 0.320 e. The third kappa shape index (κ3) is 3.15. The molecule has 1 aliphatic heterocycles. The standard InChI is InChI=1S/C12H21N3O4/c1-12(2)10(18)13(3)7-8-15(12)11(19)14(4)6-5-9(16)17/h5-8H2,1-4H3,(H,16,17). The molecule has 7 heteroatoms. The second-order valence-electron chi connectivity index (χ2n) is 5.29.